The van der Waals surface area contributed by atoms with Crippen LogP contribution < -0.4 is 14.2 Å². The Hall–Kier alpha value is -3.07. The summed E-state index contributed by atoms with van der Waals surface area (Å²) >= 11 is 0. The Kier molecular flexibility index (Phi) is 5.84. The van der Waals surface area contributed by atoms with E-state index in [1.807, 2.05) is 6.92 Å². The van der Waals surface area contributed by atoms with Crippen LogP contribution in [0.5, 0.6) is 17.5 Å². The van der Waals surface area contributed by atoms with Crippen LogP contribution in [0.2, 0.25) is 0 Å². The number of hydrogen-bond donors (Lipinski definition) is 0. The molecule has 1 heterocycles. The van der Waals surface area contributed by atoms with Gasteiger partial charge in [-0.1, -0.05) is 12.0 Å². The second-order valence-electron chi connectivity index (χ2n) is 5.82. The summed E-state index contributed by atoms with van der Waals surface area (Å²) in [5, 5.41) is 4.09. The van der Waals surface area contributed by atoms with E-state index in [1.165, 1.54) is 19.2 Å². The molecular formula is C19H21N3O5S. The number of ether oxygens (including phenoxy) is 3. The molecule has 3 rings (SSSR count). The zero-order valence-electron chi connectivity index (χ0n) is 15.8. The van der Waals surface area contributed by atoms with Crippen molar-refractivity contribution in [1.82, 2.24) is 14.2 Å². The maximum Gasteiger partial charge on any atom is 0.337 e. The summed E-state index contributed by atoms with van der Waals surface area (Å²) in [7, 11) is -0.915. The van der Waals surface area contributed by atoms with Gasteiger partial charge in [0.2, 0.25) is 0 Å². The van der Waals surface area contributed by atoms with Crippen molar-refractivity contribution < 1.29 is 22.6 Å². The first kappa shape index (κ1) is 19.7. The molecule has 0 aliphatic heterocycles. The van der Waals surface area contributed by atoms with Crippen LogP contribution in [0.3, 0.4) is 0 Å². The highest BCUT2D eigenvalue weighted by Gasteiger charge is 2.25. The van der Waals surface area contributed by atoms with Gasteiger partial charge in [0, 0.05) is 5.56 Å². The lowest BCUT2D eigenvalue weighted by molar-refractivity contribution is 0.293. The zero-order valence-corrected chi connectivity index (χ0v) is 16.6. The Morgan fingerprint density at radius 1 is 0.929 bits per heavy atom. The van der Waals surface area contributed by atoms with E-state index in [0.29, 0.717) is 23.7 Å². The molecule has 0 bridgehead atoms. The lowest BCUT2D eigenvalue weighted by atomic mass is 10.2. The molecule has 0 unspecified atom stereocenters. The average Bonchev–Trinajstić information content (AvgIpc) is 3.17. The fourth-order valence-corrected chi connectivity index (χ4v) is 3.70. The molecule has 2 aromatic carbocycles. The van der Waals surface area contributed by atoms with E-state index < -0.39 is 10.0 Å². The molecule has 0 saturated heterocycles. The molecule has 148 valence electrons. The predicted molar refractivity (Wildman–Crippen MR) is 103 cm³/mol. The number of nitrogens with zero attached hydrogens (tertiary/aromatic N) is 3. The van der Waals surface area contributed by atoms with E-state index in [4.69, 9.17) is 14.2 Å². The third kappa shape index (κ3) is 3.94. The van der Waals surface area contributed by atoms with Crippen LogP contribution in [-0.2, 0) is 10.0 Å². The number of hydrogen-bond acceptors (Lipinski definition) is 7. The molecule has 0 fully saturated rings. The van der Waals surface area contributed by atoms with E-state index in [0.717, 1.165) is 10.5 Å². The average molecular weight is 403 g/mol. The van der Waals surface area contributed by atoms with Crippen molar-refractivity contribution in [2.45, 2.75) is 18.2 Å². The van der Waals surface area contributed by atoms with Gasteiger partial charge in [-0.3, -0.25) is 0 Å². The van der Waals surface area contributed by atoms with Crippen LogP contribution in [0, 0.1) is 0 Å². The van der Waals surface area contributed by atoms with Gasteiger partial charge in [-0.15, -0.1) is 4.09 Å². The fraction of sp³-hybridized carbons (Fsp3) is 0.263. The molecule has 0 saturated carbocycles. The quantitative estimate of drug-likeness (QED) is 0.571. The SMILES string of the molecule is CCCOc1nc(-c2ccc(OC)cc2)n(S(=O)(=O)c2ccc(OC)cc2)n1. The van der Waals surface area contributed by atoms with Crippen molar-refractivity contribution in [1.29, 1.82) is 0 Å². The molecule has 0 N–H and O–H groups in total. The number of rotatable bonds is 8. The van der Waals surface area contributed by atoms with Crippen molar-refractivity contribution in [2.75, 3.05) is 20.8 Å². The largest absolute Gasteiger partial charge is 0.497 e. The van der Waals surface area contributed by atoms with Gasteiger partial charge in [0.1, 0.15) is 11.5 Å². The minimum atomic E-state index is -3.99. The standard InChI is InChI=1S/C19H21N3O5S/c1-4-13-27-19-20-18(14-5-7-15(25-2)8-6-14)22(21-19)28(23,24)17-11-9-16(26-3)10-12-17/h5-12H,4,13H2,1-3H3. The second-order valence-corrected chi connectivity index (χ2v) is 7.59. The molecular weight excluding hydrogens is 382 g/mol. The van der Waals surface area contributed by atoms with Gasteiger partial charge in [-0.2, -0.15) is 13.4 Å². The fourth-order valence-electron chi connectivity index (χ4n) is 2.47. The van der Waals surface area contributed by atoms with Crippen LogP contribution in [0.25, 0.3) is 11.4 Å². The monoisotopic (exact) mass is 403 g/mol. The molecule has 0 spiro atoms. The highest BCUT2D eigenvalue weighted by Crippen LogP contribution is 2.27. The van der Waals surface area contributed by atoms with Crippen molar-refractivity contribution in [2.24, 2.45) is 0 Å². The number of methoxy groups -OCH3 is 2. The van der Waals surface area contributed by atoms with Gasteiger partial charge in [0.15, 0.2) is 5.82 Å². The minimum Gasteiger partial charge on any atom is -0.497 e. The summed E-state index contributed by atoms with van der Waals surface area (Å²) in [6.07, 6.45) is 0.748. The van der Waals surface area contributed by atoms with Gasteiger partial charge in [-0.05, 0) is 55.0 Å². The summed E-state index contributed by atoms with van der Waals surface area (Å²) in [5.41, 5.74) is 0.566. The van der Waals surface area contributed by atoms with Crippen molar-refractivity contribution >= 4 is 10.0 Å². The third-order valence-corrected chi connectivity index (χ3v) is 5.51. The Morgan fingerprint density at radius 3 is 2.04 bits per heavy atom. The van der Waals surface area contributed by atoms with Crippen LogP contribution >= 0.6 is 0 Å². The van der Waals surface area contributed by atoms with Gasteiger partial charge in [-0.25, -0.2) is 0 Å². The van der Waals surface area contributed by atoms with Crippen LogP contribution in [0.15, 0.2) is 53.4 Å². The molecule has 3 aromatic rings. The van der Waals surface area contributed by atoms with E-state index in [2.05, 4.69) is 10.1 Å². The van der Waals surface area contributed by atoms with Crippen LogP contribution in [0.1, 0.15) is 13.3 Å². The normalized spacial score (nSPS) is 11.2. The molecule has 0 atom stereocenters. The lowest BCUT2D eigenvalue weighted by Crippen LogP contribution is -2.16. The number of aromatic nitrogens is 3. The van der Waals surface area contributed by atoms with Gasteiger partial charge in [0.25, 0.3) is 10.0 Å². The van der Waals surface area contributed by atoms with E-state index in [1.54, 1.807) is 43.5 Å². The van der Waals surface area contributed by atoms with Gasteiger partial charge >= 0.3 is 6.01 Å². The van der Waals surface area contributed by atoms with Crippen LogP contribution in [-0.4, -0.2) is 43.4 Å². The molecule has 0 aliphatic rings. The minimum absolute atomic E-state index is 0.00440. The highest BCUT2D eigenvalue weighted by molar-refractivity contribution is 7.90. The Balaban J connectivity index is 2.09. The predicted octanol–water partition coefficient (Wildman–Crippen LogP) is 2.99. The van der Waals surface area contributed by atoms with Crippen LogP contribution in [0.4, 0.5) is 0 Å². The third-order valence-electron chi connectivity index (χ3n) is 3.93. The Bertz CT molecular complexity index is 1030. The summed E-state index contributed by atoms with van der Waals surface area (Å²) in [4.78, 5) is 4.35. The van der Waals surface area contributed by atoms with Gasteiger partial charge < -0.3 is 14.2 Å². The highest BCUT2D eigenvalue weighted by atomic mass is 32.2. The maximum atomic E-state index is 13.2. The molecule has 0 amide bonds. The molecule has 8 nitrogen and oxygen atoms in total. The Labute approximate surface area is 163 Å². The van der Waals surface area contributed by atoms with Gasteiger partial charge in [0.05, 0.1) is 25.7 Å². The summed E-state index contributed by atoms with van der Waals surface area (Å²) in [6.45, 7) is 2.32. The maximum absolute atomic E-state index is 13.2. The first-order chi connectivity index (χ1) is 13.5. The summed E-state index contributed by atoms with van der Waals surface area (Å²) in [5.74, 6) is 1.36. The van der Waals surface area contributed by atoms with E-state index >= 15 is 0 Å². The topological polar surface area (TPSA) is 92.5 Å². The van der Waals surface area contributed by atoms with Crippen molar-refractivity contribution in [3.63, 3.8) is 0 Å². The number of benzene rings is 2. The second kappa shape index (κ2) is 8.30. The van der Waals surface area contributed by atoms with E-state index in [9.17, 15) is 8.42 Å². The van der Waals surface area contributed by atoms with Crippen molar-refractivity contribution in [3.05, 3.63) is 48.5 Å². The molecule has 0 radical (unpaired) electrons. The first-order valence-corrected chi connectivity index (χ1v) is 10.1. The zero-order chi connectivity index (χ0) is 20.1. The lowest BCUT2D eigenvalue weighted by Gasteiger charge is -2.08. The molecule has 28 heavy (non-hydrogen) atoms. The molecule has 1 aromatic heterocycles. The smallest absolute Gasteiger partial charge is 0.337 e. The summed E-state index contributed by atoms with van der Waals surface area (Å²) < 4.78 is 42.9. The Morgan fingerprint density at radius 2 is 1.50 bits per heavy atom. The molecule has 0 aliphatic carbocycles. The van der Waals surface area contributed by atoms with Crippen molar-refractivity contribution in [3.8, 4) is 28.9 Å². The van der Waals surface area contributed by atoms with E-state index in [-0.39, 0.29) is 16.7 Å². The first-order valence-electron chi connectivity index (χ1n) is 8.63. The summed E-state index contributed by atoms with van der Waals surface area (Å²) in [6, 6.07) is 12.9. The molecule has 9 heteroatoms.